The molecule has 13 nitrogen and oxygen atoms in total. The molecule has 4 aromatic rings. The highest BCUT2D eigenvalue weighted by Gasteiger charge is 2.27. The van der Waals surface area contributed by atoms with Crippen LogP contribution in [0.15, 0.2) is 72.8 Å². The van der Waals surface area contributed by atoms with Gasteiger partial charge in [-0.1, -0.05) is 58.9 Å². The van der Waals surface area contributed by atoms with Crippen molar-refractivity contribution in [2.45, 2.75) is 97.8 Å². The van der Waals surface area contributed by atoms with E-state index >= 15 is 0 Å². The van der Waals surface area contributed by atoms with Crippen LogP contribution in [-0.2, 0) is 11.8 Å². The maximum absolute atomic E-state index is 13.1. The molecular formula is C43H78ClN11O2. The van der Waals surface area contributed by atoms with E-state index in [4.69, 9.17) is 19.7 Å². The van der Waals surface area contributed by atoms with Gasteiger partial charge >= 0.3 is 0 Å². The standard InChI is InChI=1S/C43H57N7O2.ClH.4H3N.4H2/c1-42(2,3)31-43(4,5)34-18-24-37(25-19-34)52-30-12-13-32-14-16-33(17-15-32)38(51)44-35-20-22-36(23-21-35)45-39-46-40(49-26-8-6-9-27-49)48-41(47-39)50-28-10-7-11-29-50;;;;;;;;;/h14-25H,6-13,26-31H2,1-5H3,(H,44,51)(H,45,46,47,48);1H;4*1H3;4*1H. The van der Waals surface area contributed by atoms with Gasteiger partial charge in [0.2, 0.25) is 17.8 Å². The van der Waals surface area contributed by atoms with Gasteiger partial charge in [-0.25, -0.2) is 0 Å². The Labute approximate surface area is 353 Å². The monoisotopic (exact) mass is 816 g/mol. The molecule has 3 heterocycles. The SMILES string of the molecule is CC(C)(C)CC(C)(C)c1ccc(OCCCc2ccc(C(=O)Nc3ccc(Nc4nc(N5CCCCC5)nc(N5CCCCC5)n4)cc3)cc2)cc1.Cl.N.N.N.N.[HH].[HH].[HH].[HH]. The van der Waals surface area contributed by atoms with Crippen molar-refractivity contribution in [1.29, 1.82) is 0 Å². The number of piperidine rings is 2. The molecule has 2 aliphatic heterocycles. The van der Waals surface area contributed by atoms with Crippen LogP contribution in [0.4, 0.5) is 29.2 Å². The zero-order valence-corrected chi connectivity index (χ0v) is 35.9. The molecule has 0 saturated carbocycles. The summed E-state index contributed by atoms with van der Waals surface area (Å²) in [6.45, 7) is 16.0. The molecule has 3 aromatic carbocycles. The van der Waals surface area contributed by atoms with Crippen LogP contribution in [0.3, 0.4) is 0 Å². The van der Waals surface area contributed by atoms with Crippen molar-refractivity contribution in [3.63, 3.8) is 0 Å². The molecule has 6 rings (SSSR count). The number of halogens is 1. The zero-order valence-electron chi connectivity index (χ0n) is 35.1. The average molecular weight is 817 g/mol. The summed E-state index contributed by atoms with van der Waals surface area (Å²) in [6.07, 6.45) is 10.0. The molecule has 2 saturated heterocycles. The van der Waals surface area contributed by atoms with Gasteiger partial charge < -0.3 is 49.8 Å². The number of anilines is 5. The predicted octanol–water partition coefficient (Wildman–Crippen LogP) is 11.6. The van der Waals surface area contributed by atoms with Crippen LogP contribution in [0.25, 0.3) is 0 Å². The van der Waals surface area contributed by atoms with Crippen molar-refractivity contribution in [2.24, 2.45) is 5.41 Å². The number of aromatic nitrogens is 3. The largest absolute Gasteiger partial charge is 0.494 e. The summed E-state index contributed by atoms with van der Waals surface area (Å²) in [5.41, 5.74) is 5.11. The lowest BCUT2D eigenvalue weighted by Gasteiger charge is -2.33. The number of carbonyl (C=O) groups excluding carboxylic acids is 1. The molecular weight excluding hydrogens is 738 g/mol. The van der Waals surface area contributed by atoms with Crippen molar-refractivity contribution in [1.82, 2.24) is 39.6 Å². The van der Waals surface area contributed by atoms with Gasteiger partial charge in [0.15, 0.2) is 0 Å². The molecule has 0 radical (unpaired) electrons. The minimum absolute atomic E-state index is 0. The van der Waals surface area contributed by atoms with Gasteiger partial charge in [0.05, 0.1) is 6.61 Å². The van der Waals surface area contributed by atoms with Crippen LogP contribution in [-0.4, -0.2) is 53.6 Å². The fraction of sp³-hybridized carbons (Fsp3) is 0.488. The molecule has 1 aromatic heterocycles. The van der Waals surface area contributed by atoms with E-state index in [0.29, 0.717) is 18.1 Å². The Morgan fingerprint density at radius 1 is 0.684 bits per heavy atom. The number of hydrogen-bond acceptors (Lipinski definition) is 12. The number of aryl methyl sites for hydroxylation is 1. The van der Waals surface area contributed by atoms with Gasteiger partial charge in [-0.15, -0.1) is 12.4 Å². The van der Waals surface area contributed by atoms with Crippen molar-refractivity contribution < 1.29 is 15.2 Å². The summed E-state index contributed by atoms with van der Waals surface area (Å²) in [4.78, 5) is 32.1. The third-order valence-corrected chi connectivity index (χ3v) is 9.99. The van der Waals surface area contributed by atoms with Crippen molar-refractivity contribution >= 4 is 47.5 Å². The average Bonchev–Trinajstić information content (AvgIpc) is 3.14. The molecule has 0 bridgehead atoms. The highest BCUT2D eigenvalue weighted by Crippen LogP contribution is 2.36. The Hall–Kier alpha value is -4.53. The van der Waals surface area contributed by atoms with Crippen LogP contribution in [0, 0.1) is 5.41 Å². The smallest absolute Gasteiger partial charge is 0.255 e. The van der Waals surface area contributed by atoms with Crippen LogP contribution in [0.1, 0.15) is 113 Å². The van der Waals surface area contributed by atoms with Gasteiger partial charge in [0.1, 0.15) is 5.75 Å². The summed E-state index contributed by atoms with van der Waals surface area (Å²) in [7, 11) is 0. The summed E-state index contributed by atoms with van der Waals surface area (Å²) in [6, 6.07) is 24.1. The third kappa shape index (κ3) is 14.7. The zero-order chi connectivity index (χ0) is 36.6. The normalized spacial score (nSPS) is 14.0. The Morgan fingerprint density at radius 2 is 1.19 bits per heavy atom. The van der Waals surface area contributed by atoms with Crippen molar-refractivity contribution in [3.05, 3.63) is 89.5 Å². The van der Waals surface area contributed by atoms with Crippen molar-refractivity contribution in [3.8, 4) is 5.75 Å². The number of ether oxygens (including phenoxy) is 1. The number of carbonyl (C=O) groups is 1. The van der Waals surface area contributed by atoms with E-state index in [2.05, 4.69) is 79.3 Å². The number of hydrogen-bond donors (Lipinski definition) is 6. The van der Waals surface area contributed by atoms with Crippen LogP contribution in [0.5, 0.6) is 5.75 Å². The van der Waals surface area contributed by atoms with Gasteiger partial charge in [0.25, 0.3) is 5.91 Å². The van der Waals surface area contributed by atoms with Gasteiger partial charge in [0, 0.05) is 48.8 Å². The first-order valence-electron chi connectivity index (χ1n) is 19.3. The Balaban J connectivity index is -0.00000180. The van der Waals surface area contributed by atoms with Crippen LogP contribution >= 0.6 is 12.4 Å². The second-order valence-corrected chi connectivity index (χ2v) is 16.3. The van der Waals surface area contributed by atoms with E-state index in [1.165, 1.54) is 24.0 Å². The summed E-state index contributed by atoms with van der Waals surface area (Å²) in [5.74, 6) is 2.81. The lowest BCUT2D eigenvalue weighted by molar-refractivity contribution is 0.102. The molecule has 0 spiro atoms. The first-order chi connectivity index (χ1) is 25.0. The molecule has 1 amide bonds. The summed E-state index contributed by atoms with van der Waals surface area (Å²) >= 11 is 0. The molecule has 324 valence electrons. The van der Waals surface area contributed by atoms with Crippen molar-refractivity contribution in [2.75, 3.05) is 53.2 Å². The number of rotatable bonds is 13. The maximum Gasteiger partial charge on any atom is 0.255 e. The lowest BCUT2D eigenvalue weighted by Crippen LogP contribution is -2.34. The minimum atomic E-state index is -0.139. The van der Waals surface area contributed by atoms with Crippen LogP contribution in [0.2, 0.25) is 0 Å². The maximum atomic E-state index is 13.1. The van der Waals surface area contributed by atoms with E-state index in [1.807, 2.05) is 48.5 Å². The molecule has 0 atom stereocenters. The molecule has 0 unspecified atom stereocenters. The highest BCUT2D eigenvalue weighted by atomic mass is 35.5. The summed E-state index contributed by atoms with van der Waals surface area (Å²) in [5, 5.41) is 6.41. The second kappa shape index (κ2) is 23.0. The molecule has 0 aliphatic carbocycles. The van der Waals surface area contributed by atoms with Gasteiger partial charge in [-0.3, -0.25) is 4.79 Å². The van der Waals surface area contributed by atoms with E-state index in [1.54, 1.807) is 0 Å². The Bertz CT molecular complexity index is 1740. The Kier molecular flexibility index (Phi) is 20.4. The Morgan fingerprint density at radius 3 is 1.70 bits per heavy atom. The minimum Gasteiger partial charge on any atom is -0.494 e. The van der Waals surface area contributed by atoms with Crippen LogP contribution < -0.4 is 49.8 Å². The third-order valence-electron chi connectivity index (χ3n) is 9.99. The molecule has 2 fully saturated rings. The number of amides is 1. The highest BCUT2D eigenvalue weighted by molar-refractivity contribution is 6.04. The number of nitrogens with zero attached hydrogens (tertiary/aromatic N) is 5. The topological polar surface area (TPSA) is 236 Å². The van der Waals surface area contributed by atoms with E-state index in [9.17, 15) is 4.79 Å². The first-order valence-corrected chi connectivity index (χ1v) is 19.3. The fourth-order valence-corrected chi connectivity index (χ4v) is 7.57. The predicted molar refractivity (Wildman–Crippen MR) is 249 cm³/mol. The number of nitrogens with one attached hydrogen (secondary N) is 2. The lowest BCUT2D eigenvalue weighted by atomic mass is 9.72. The fourth-order valence-electron chi connectivity index (χ4n) is 7.57. The van der Waals surface area contributed by atoms with E-state index in [-0.39, 0.29) is 59.5 Å². The van der Waals surface area contributed by atoms with E-state index < -0.39 is 0 Å². The van der Waals surface area contributed by atoms with E-state index in [0.717, 1.165) is 100 Å². The second-order valence-electron chi connectivity index (χ2n) is 16.3. The molecule has 57 heavy (non-hydrogen) atoms. The number of benzene rings is 3. The summed E-state index contributed by atoms with van der Waals surface area (Å²) < 4.78 is 6.04. The van der Waals surface area contributed by atoms with Gasteiger partial charge in [-0.05, 0) is 128 Å². The molecule has 14 N–H and O–H groups in total. The van der Waals surface area contributed by atoms with Gasteiger partial charge in [-0.2, -0.15) is 15.0 Å². The quantitative estimate of drug-likeness (QED) is 0.0691. The first kappa shape index (κ1) is 50.5. The molecule has 2 aliphatic rings. The molecule has 14 heteroatoms.